The van der Waals surface area contributed by atoms with Crippen molar-refractivity contribution >= 4 is 10.1 Å². The fourth-order valence-electron chi connectivity index (χ4n) is 0.982. The van der Waals surface area contributed by atoms with E-state index < -0.39 is 15.4 Å². The Hall–Kier alpha value is -1.11. The van der Waals surface area contributed by atoms with E-state index in [1.807, 2.05) is 6.07 Å². The average Bonchev–Trinajstić information content (AvgIpc) is 2.18. The average molecular weight is 231 g/mol. The molecule has 1 rings (SSSR count). The third-order valence-electron chi connectivity index (χ3n) is 1.86. The number of rotatable bonds is 5. The number of ether oxygens (including phenoxy) is 1. The van der Waals surface area contributed by atoms with E-state index in [0.717, 1.165) is 0 Å². The third kappa shape index (κ3) is 3.86. The highest BCUT2D eigenvalue weighted by molar-refractivity contribution is 7.86. The molecule has 84 valence electrons. The molecule has 0 saturated carbocycles. The first-order chi connectivity index (χ1) is 7.04. The first kappa shape index (κ1) is 12.0. The Bertz CT molecular complexity index is 390. The van der Waals surface area contributed by atoms with Crippen molar-refractivity contribution < 1.29 is 17.7 Å². The fourth-order valence-corrected chi connectivity index (χ4v) is 1.46. The molecule has 0 aromatic heterocycles. The van der Waals surface area contributed by atoms with Gasteiger partial charge in [0, 0.05) is 6.54 Å². The quantitative estimate of drug-likeness (QED) is 0.710. The van der Waals surface area contributed by atoms with Crippen LogP contribution in [0, 0.1) is 0 Å². The predicted molar refractivity (Wildman–Crippen MR) is 56.3 cm³/mol. The molecule has 1 aromatic rings. The van der Waals surface area contributed by atoms with Crippen molar-refractivity contribution in [3.05, 3.63) is 30.3 Å². The summed E-state index contributed by atoms with van der Waals surface area (Å²) in [5.41, 5.74) is 5.20. The van der Waals surface area contributed by atoms with Gasteiger partial charge in [-0.15, -0.1) is 0 Å². The van der Waals surface area contributed by atoms with Gasteiger partial charge in [0.25, 0.3) is 10.1 Å². The van der Waals surface area contributed by atoms with E-state index in [1.165, 1.54) is 0 Å². The van der Waals surface area contributed by atoms with E-state index in [9.17, 15) is 8.42 Å². The summed E-state index contributed by atoms with van der Waals surface area (Å²) in [5, 5.41) is -1.09. The van der Waals surface area contributed by atoms with Gasteiger partial charge in [0.1, 0.15) is 17.6 Å². The molecule has 15 heavy (non-hydrogen) atoms. The monoisotopic (exact) mass is 231 g/mol. The van der Waals surface area contributed by atoms with Gasteiger partial charge in [-0.25, -0.2) is 0 Å². The Balaban J connectivity index is 2.56. The van der Waals surface area contributed by atoms with Gasteiger partial charge in [0.15, 0.2) is 0 Å². The minimum absolute atomic E-state index is 0.153. The lowest BCUT2D eigenvalue weighted by molar-refractivity contribution is 0.306. The van der Waals surface area contributed by atoms with Crippen molar-refractivity contribution in [2.75, 3.05) is 13.2 Å². The van der Waals surface area contributed by atoms with Crippen molar-refractivity contribution in [2.45, 2.75) is 5.25 Å². The first-order valence-electron chi connectivity index (χ1n) is 4.38. The summed E-state index contributed by atoms with van der Waals surface area (Å²) >= 11 is 0. The van der Waals surface area contributed by atoms with Gasteiger partial charge in [-0.2, -0.15) is 8.42 Å². The summed E-state index contributed by atoms with van der Waals surface area (Å²) in [6, 6.07) is 8.73. The van der Waals surface area contributed by atoms with Crippen LogP contribution in [-0.2, 0) is 10.1 Å². The largest absolute Gasteiger partial charge is 0.492 e. The standard InChI is InChI=1S/C9H13NO4S/c10-6-9(15(11,12)13)7-14-8-4-2-1-3-5-8/h1-5,9H,6-7,10H2,(H,11,12,13)/t9-/m0/s1. The molecule has 5 nitrogen and oxygen atoms in total. The summed E-state index contributed by atoms with van der Waals surface area (Å²) in [6.07, 6.45) is 0. The minimum Gasteiger partial charge on any atom is -0.492 e. The normalized spacial score (nSPS) is 13.5. The lowest BCUT2D eigenvalue weighted by Crippen LogP contribution is -2.34. The Morgan fingerprint density at radius 1 is 1.33 bits per heavy atom. The number of para-hydroxylation sites is 1. The third-order valence-corrected chi connectivity index (χ3v) is 3.03. The van der Waals surface area contributed by atoms with Gasteiger partial charge < -0.3 is 10.5 Å². The molecule has 0 aliphatic heterocycles. The zero-order valence-corrected chi connectivity index (χ0v) is 8.85. The zero-order valence-electron chi connectivity index (χ0n) is 8.04. The second kappa shape index (κ2) is 5.11. The van der Waals surface area contributed by atoms with Gasteiger partial charge in [-0.05, 0) is 12.1 Å². The van der Waals surface area contributed by atoms with Crippen LogP contribution >= 0.6 is 0 Å². The molecule has 0 fully saturated rings. The van der Waals surface area contributed by atoms with Gasteiger partial charge >= 0.3 is 0 Å². The first-order valence-corrected chi connectivity index (χ1v) is 5.88. The van der Waals surface area contributed by atoms with E-state index >= 15 is 0 Å². The van der Waals surface area contributed by atoms with Crippen LogP contribution in [0.1, 0.15) is 0 Å². The highest BCUT2D eigenvalue weighted by Gasteiger charge is 2.21. The molecule has 1 atom stereocenters. The van der Waals surface area contributed by atoms with Crippen molar-refractivity contribution in [3.63, 3.8) is 0 Å². The summed E-state index contributed by atoms with van der Waals surface area (Å²) in [4.78, 5) is 0. The molecule has 0 saturated heterocycles. The van der Waals surface area contributed by atoms with Gasteiger partial charge in [-0.1, -0.05) is 18.2 Å². The Kier molecular flexibility index (Phi) is 4.07. The molecule has 0 bridgehead atoms. The van der Waals surface area contributed by atoms with Crippen LogP contribution in [-0.4, -0.2) is 31.4 Å². The van der Waals surface area contributed by atoms with Gasteiger partial charge in [0.05, 0.1) is 0 Å². The molecular formula is C9H13NO4S. The molecular weight excluding hydrogens is 218 g/mol. The number of benzene rings is 1. The topological polar surface area (TPSA) is 89.6 Å². The highest BCUT2D eigenvalue weighted by Crippen LogP contribution is 2.09. The van der Waals surface area contributed by atoms with E-state index in [0.29, 0.717) is 5.75 Å². The maximum atomic E-state index is 10.8. The predicted octanol–water partition coefficient (Wildman–Crippen LogP) is 0.280. The Labute approximate surface area is 88.6 Å². The molecule has 0 unspecified atom stereocenters. The van der Waals surface area contributed by atoms with Crippen LogP contribution in [0.3, 0.4) is 0 Å². The highest BCUT2D eigenvalue weighted by atomic mass is 32.2. The lowest BCUT2D eigenvalue weighted by atomic mass is 10.3. The van der Waals surface area contributed by atoms with E-state index in [4.69, 9.17) is 15.0 Å². The van der Waals surface area contributed by atoms with Crippen molar-refractivity contribution in [1.82, 2.24) is 0 Å². The van der Waals surface area contributed by atoms with Crippen LogP contribution in [0.15, 0.2) is 30.3 Å². The summed E-state index contributed by atoms with van der Waals surface area (Å²) in [5.74, 6) is 0.541. The molecule has 0 aliphatic carbocycles. The molecule has 0 radical (unpaired) electrons. The Morgan fingerprint density at radius 3 is 2.40 bits per heavy atom. The van der Waals surface area contributed by atoms with Gasteiger partial charge in [0.2, 0.25) is 0 Å². The molecule has 1 aromatic carbocycles. The smallest absolute Gasteiger partial charge is 0.272 e. The molecule has 0 aliphatic rings. The second-order valence-electron chi connectivity index (χ2n) is 3.00. The molecule has 0 heterocycles. The molecule has 3 N–H and O–H groups in total. The van der Waals surface area contributed by atoms with E-state index in [2.05, 4.69) is 0 Å². The van der Waals surface area contributed by atoms with Crippen LogP contribution in [0.2, 0.25) is 0 Å². The summed E-state index contributed by atoms with van der Waals surface area (Å²) < 4.78 is 35.5. The lowest BCUT2D eigenvalue weighted by Gasteiger charge is -2.12. The van der Waals surface area contributed by atoms with Crippen LogP contribution < -0.4 is 10.5 Å². The Morgan fingerprint density at radius 2 is 1.93 bits per heavy atom. The minimum atomic E-state index is -4.14. The zero-order chi connectivity index (χ0) is 11.3. The number of nitrogens with two attached hydrogens (primary N) is 1. The van der Waals surface area contributed by atoms with Crippen molar-refractivity contribution in [2.24, 2.45) is 5.73 Å². The molecule has 6 heteroatoms. The van der Waals surface area contributed by atoms with Crippen molar-refractivity contribution in [1.29, 1.82) is 0 Å². The molecule has 0 spiro atoms. The summed E-state index contributed by atoms with van der Waals surface area (Å²) in [6.45, 7) is -0.328. The second-order valence-corrected chi connectivity index (χ2v) is 4.69. The fraction of sp³-hybridized carbons (Fsp3) is 0.333. The summed E-state index contributed by atoms with van der Waals surface area (Å²) in [7, 11) is -4.14. The number of hydrogen-bond donors (Lipinski definition) is 2. The van der Waals surface area contributed by atoms with Crippen LogP contribution in [0.4, 0.5) is 0 Å². The molecule has 0 amide bonds. The van der Waals surface area contributed by atoms with Gasteiger partial charge in [-0.3, -0.25) is 4.55 Å². The number of hydrogen-bond acceptors (Lipinski definition) is 4. The maximum Gasteiger partial charge on any atom is 0.272 e. The maximum absolute atomic E-state index is 10.8. The van der Waals surface area contributed by atoms with E-state index in [-0.39, 0.29) is 13.2 Å². The van der Waals surface area contributed by atoms with Crippen LogP contribution in [0.25, 0.3) is 0 Å². The SMILES string of the molecule is NC[C@@H](COc1ccccc1)S(=O)(=O)O. The van der Waals surface area contributed by atoms with Crippen LogP contribution in [0.5, 0.6) is 5.75 Å². The van der Waals surface area contributed by atoms with Crippen molar-refractivity contribution in [3.8, 4) is 5.75 Å². The van der Waals surface area contributed by atoms with E-state index in [1.54, 1.807) is 24.3 Å².